The SMILES string of the molecule is C=C(C)COc1ccc(CC(N)C(=O)O)cc1. The molecule has 0 aliphatic rings. The zero-order valence-electron chi connectivity index (χ0n) is 9.85. The van der Waals surface area contributed by atoms with E-state index in [2.05, 4.69) is 6.58 Å². The smallest absolute Gasteiger partial charge is 0.320 e. The van der Waals surface area contributed by atoms with E-state index >= 15 is 0 Å². The van der Waals surface area contributed by atoms with Gasteiger partial charge in [-0.2, -0.15) is 0 Å². The molecule has 0 amide bonds. The highest BCUT2D eigenvalue weighted by Crippen LogP contribution is 2.13. The first-order valence-electron chi connectivity index (χ1n) is 5.33. The second-order valence-electron chi connectivity index (χ2n) is 4.04. The van der Waals surface area contributed by atoms with Gasteiger partial charge in [0.05, 0.1) is 0 Å². The molecule has 3 N–H and O–H groups in total. The normalized spacial score (nSPS) is 11.9. The van der Waals surface area contributed by atoms with Crippen LogP contribution in [-0.2, 0) is 11.2 Å². The number of ether oxygens (including phenoxy) is 1. The minimum Gasteiger partial charge on any atom is -0.489 e. The summed E-state index contributed by atoms with van der Waals surface area (Å²) >= 11 is 0. The van der Waals surface area contributed by atoms with Gasteiger partial charge in [0, 0.05) is 0 Å². The van der Waals surface area contributed by atoms with Crippen molar-refractivity contribution in [1.29, 1.82) is 0 Å². The van der Waals surface area contributed by atoms with Crippen LogP contribution in [0.25, 0.3) is 0 Å². The molecule has 92 valence electrons. The Hall–Kier alpha value is -1.81. The van der Waals surface area contributed by atoms with Gasteiger partial charge in [0.15, 0.2) is 0 Å². The zero-order valence-corrected chi connectivity index (χ0v) is 9.85. The predicted octanol–water partition coefficient (Wildman–Crippen LogP) is 1.60. The summed E-state index contributed by atoms with van der Waals surface area (Å²) in [6.07, 6.45) is 0.316. The molecular formula is C13H17NO3. The average Bonchev–Trinajstić information content (AvgIpc) is 2.28. The van der Waals surface area contributed by atoms with E-state index in [1.807, 2.05) is 19.1 Å². The van der Waals surface area contributed by atoms with E-state index in [0.29, 0.717) is 13.0 Å². The molecule has 17 heavy (non-hydrogen) atoms. The largest absolute Gasteiger partial charge is 0.489 e. The molecule has 0 aliphatic heterocycles. The number of hydrogen-bond donors (Lipinski definition) is 2. The second kappa shape index (κ2) is 6.06. The molecule has 1 aromatic rings. The van der Waals surface area contributed by atoms with Crippen molar-refractivity contribution in [3.8, 4) is 5.75 Å². The summed E-state index contributed by atoms with van der Waals surface area (Å²) < 4.78 is 5.43. The Morgan fingerprint density at radius 2 is 2.06 bits per heavy atom. The van der Waals surface area contributed by atoms with Crippen LogP contribution in [0.1, 0.15) is 12.5 Å². The minimum atomic E-state index is -0.993. The summed E-state index contributed by atoms with van der Waals surface area (Å²) in [6.45, 7) is 6.11. The summed E-state index contributed by atoms with van der Waals surface area (Å²) in [5, 5.41) is 8.68. The van der Waals surface area contributed by atoms with Crippen LogP contribution in [-0.4, -0.2) is 23.7 Å². The summed E-state index contributed by atoms with van der Waals surface area (Å²) in [4.78, 5) is 10.6. The van der Waals surface area contributed by atoms with Crippen molar-refractivity contribution < 1.29 is 14.6 Å². The highest BCUT2D eigenvalue weighted by Gasteiger charge is 2.11. The quantitative estimate of drug-likeness (QED) is 0.734. The third kappa shape index (κ3) is 4.70. The van der Waals surface area contributed by atoms with Gasteiger partial charge in [0.2, 0.25) is 0 Å². The van der Waals surface area contributed by atoms with Gasteiger partial charge in [0.1, 0.15) is 18.4 Å². The highest BCUT2D eigenvalue weighted by atomic mass is 16.5. The van der Waals surface area contributed by atoms with Gasteiger partial charge in [-0.1, -0.05) is 18.7 Å². The van der Waals surface area contributed by atoms with Gasteiger partial charge in [-0.15, -0.1) is 0 Å². The van der Waals surface area contributed by atoms with E-state index in [4.69, 9.17) is 15.6 Å². The lowest BCUT2D eigenvalue weighted by atomic mass is 10.1. The molecule has 0 bridgehead atoms. The van der Waals surface area contributed by atoms with Crippen LogP contribution < -0.4 is 10.5 Å². The van der Waals surface area contributed by atoms with Crippen molar-refractivity contribution in [3.05, 3.63) is 42.0 Å². The maximum Gasteiger partial charge on any atom is 0.320 e. The fraction of sp³-hybridized carbons (Fsp3) is 0.308. The van der Waals surface area contributed by atoms with Crippen molar-refractivity contribution >= 4 is 5.97 Å². The topological polar surface area (TPSA) is 72.5 Å². The van der Waals surface area contributed by atoms with Crippen molar-refractivity contribution in [1.82, 2.24) is 0 Å². The first kappa shape index (κ1) is 13.3. The third-order valence-electron chi connectivity index (χ3n) is 2.18. The summed E-state index contributed by atoms with van der Waals surface area (Å²) in [5.41, 5.74) is 7.27. The molecular weight excluding hydrogens is 218 g/mol. The Morgan fingerprint density at radius 3 is 2.53 bits per heavy atom. The molecule has 0 aliphatic carbocycles. The average molecular weight is 235 g/mol. The van der Waals surface area contributed by atoms with Crippen LogP contribution in [0, 0.1) is 0 Å². The Morgan fingerprint density at radius 1 is 1.47 bits per heavy atom. The standard InChI is InChI=1S/C13H17NO3/c1-9(2)8-17-11-5-3-10(4-6-11)7-12(14)13(15)16/h3-6,12H,1,7-8,14H2,2H3,(H,15,16). The van der Waals surface area contributed by atoms with Crippen LogP contribution in [0.15, 0.2) is 36.4 Å². The van der Waals surface area contributed by atoms with E-state index in [-0.39, 0.29) is 0 Å². The molecule has 1 aromatic carbocycles. The molecule has 1 rings (SSSR count). The van der Waals surface area contributed by atoms with Crippen LogP contribution in [0.2, 0.25) is 0 Å². The Labute approximate surface area is 101 Å². The number of aliphatic carboxylic acids is 1. The van der Waals surface area contributed by atoms with Crippen molar-refractivity contribution in [3.63, 3.8) is 0 Å². The molecule has 0 aromatic heterocycles. The number of rotatable bonds is 6. The van der Waals surface area contributed by atoms with Crippen LogP contribution in [0.3, 0.4) is 0 Å². The summed E-state index contributed by atoms with van der Waals surface area (Å²) in [7, 11) is 0. The van der Waals surface area contributed by atoms with E-state index in [9.17, 15) is 4.79 Å². The Balaban J connectivity index is 2.55. The monoisotopic (exact) mass is 235 g/mol. The van der Waals surface area contributed by atoms with Crippen LogP contribution in [0.4, 0.5) is 0 Å². The van der Waals surface area contributed by atoms with Gasteiger partial charge in [0.25, 0.3) is 0 Å². The molecule has 4 nitrogen and oxygen atoms in total. The van der Waals surface area contributed by atoms with Crippen LogP contribution >= 0.6 is 0 Å². The maximum atomic E-state index is 10.6. The first-order chi connectivity index (χ1) is 7.99. The van der Waals surface area contributed by atoms with Crippen molar-refractivity contribution in [2.45, 2.75) is 19.4 Å². The lowest BCUT2D eigenvalue weighted by Gasteiger charge is -2.08. The molecule has 1 atom stereocenters. The molecule has 0 radical (unpaired) electrons. The number of carbonyl (C=O) groups is 1. The van der Waals surface area contributed by atoms with Gasteiger partial charge in [-0.05, 0) is 36.6 Å². The van der Waals surface area contributed by atoms with Crippen molar-refractivity contribution in [2.75, 3.05) is 6.61 Å². The van der Waals surface area contributed by atoms with Crippen molar-refractivity contribution in [2.24, 2.45) is 5.73 Å². The van der Waals surface area contributed by atoms with Gasteiger partial charge >= 0.3 is 5.97 Å². The number of carboxylic acids is 1. The van der Waals surface area contributed by atoms with Gasteiger partial charge in [-0.25, -0.2) is 0 Å². The molecule has 0 heterocycles. The lowest BCUT2D eigenvalue weighted by molar-refractivity contribution is -0.138. The third-order valence-corrected chi connectivity index (χ3v) is 2.18. The molecule has 4 heteroatoms. The number of benzene rings is 1. The van der Waals surface area contributed by atoms with Gasteiger partial charge in [-0.3, -0.25) is 4.79 Å². The summed E-state index contributed by atoms with van der Waals surface area (Å²) in [6, 6.07) is 6.37. The fourth-order valence-electron chi connectivity index (χ4n) is 1.27. The van der Waals surface area contributed by atoms with E-state index < -0.39 is 12.0 Å². The fourth-order valence-corrected chi connectivity index (χ4v) is 1.27. The van der Waals surface area contributed by atoms with Gasteiger partial charge < -0.3 is 15.6 Å². The lowest BCUT2D eigenvalue weighted by Crippen LogP contribution is -2.32. The first-order valence-corrected chi connectivity index (χ1v) is 5.33. The molecule has 0 fully saturated rings. The number of nitrogens with two attached hydrogens (primary N) is 1. The second-order valence-corrected chi connectivity index (χ2v) is 4.04. The number of carboxylic acid groups (broad SMARTS) is 1. The molecule has 0 spiro atoms. The van der Waals surface area contributed by atoms with E-state index in [1.54, 1.807) is 12.1 Å². The molecule has 0 saturated carbocycles. The van der Waals surface area contributed by atoms with E-state index in [1.165, 1.54) is 0 Å². The predicted molar refractivity (Wildman–Crippen MR) is 66.1 cm³/mol. The minimum absolute atomic E-state index is 0.316. The molecule has 1 unspecified atom stereocenters. The zero-order chi connectivity index (χ0) is 12.8. The summed E-state index contributed by atoms with van der Waals surface area (Å²) in [5.74, 6) is -0.256. The Bertz CT molecular complexity index is 398. The maximum absolute atomic E-state index is 10.6. The number of hydrogen-bond acceptors (Lipinski definition) is 3. The van der Waals surface area contributed by atoms with E-state index in [0.717, 1.165) is 16.9 Å². The Kier molecular flexibility index (Phi) is 4.72. The van der Waals surface area contributed by atoms with Crippen LogP contribution in [0.5, 0.6) is 5.75 Å². The highest BCUT2D eigenvalue weighted by molar-refractivity contribution is 5.73. The molecule has 0 saturated heterocycles.